The van der Waals surface area contributed by atoms with E-state index in [0.29, 0.717) is 0 Å². The van der Waals surface area contributed by atoms with Gasteiger partial charge in [-0.1, -0.05) is 40.2 Å². The van der Waals surface area contributed by atoms with Crippen LogP contribution in [0.5, 0.6) is 0 Å². The number of benzene rings is 1. The number of rotatable bonds is 1. The molecule has 1 aromatic rings. The van der Waals surface area contributed by atoms with E-state index in [-0.39, 0.29) is 0 Å². The summed E-state index contributed by atoms with van der Waals surface area (Å²) in [4.78, 5) is 0. The van der Waals surface area contributed by atoms with Crippen molar-refractivity contribution in [3.8, 4) is 0 Å². The third-order valence-corrected chi connectivity index (χ3v) is 2.42. The maximum Gasteiger partial charge on any atom is 0.0250 e. The van der Waals surface area contributed by atoms with Crippen LogP contribution in [0.2, 0.25) is 0 Å². The van der Waals surface area contributed by atoms with E-state index in [1.807, 2.05) is 12.1 Å². The van der Waals surface area contributed by atoms with Gasteiger partial charge in [0, 0.05) is 4.47 Å². The molecule has 0 nitrogen and oxygen atoms in total. The lowest BCUT2D eigenvalue weighted by atomic mass is 10.1. The maximum absolute atomic E-state index is 3.50. The number of halogens is 1. The van der Waals surface area contributed by atoms with Gasteiger partial charge in [-0.15, -0.1) is 0 Å². The van der Waals surface area contributed by atoms with E-state index >= 15 is 0 Å². The van der Waals surface area contributed by atoms with Crippen molar-refractivity contribution in [1.82, 2.24) is 0 Å². The van der Waals surface area contributed by atoms with Gasteiger partial charge in [-0.25, -0.2) is 0 Å². The van der Waals surface area contributed by atoms with Gasteiger partial charge >= 0.3 is 0 Å². The number of hydrogen-bond donors (Lipinski definition) is 0. The molecule has 0 atom stereocenters. The molecule has 0 amide bonds. The van der Waals surface area contributed by atoms with E-state index in [2.05, 4.69) is 48.0 Å². The van der Waals surface area contributed by atoms with Crippen LogP contribution in [0.3, 0.4) is 0 Å². The molecule has 1 rings (SSSR count). The predicted octanol–water partition coefficient (Wildman–Crippen LogP) is 3.87. The highest BCUT2D eigenvalue weighted by atomic mass is 79.9. The van der Waals surface area contributed by atoms with Crippen LogP contribution in [0.1, 0.15) is 19.4 Å². The standard InChI is InChI=1S/C10H11Br/c1-3-8(2)9-6-4-5-7-10(9)11/h3-7H,1-2H3/b8-3+. The minimum atomic E-state index is 1.16. The minimum Gasteiger partial charge on any atom is -0.0841 e. The predicted molar refractivity (Wildman–Crippen MR) is 53.5 cm³/mol. The summed E-state index contributed by atoms with van der Waals surface area (Å²) in [7, 11) is 0. The molecule has 0 bridgehead atoms. The summed E-state index contributed by atoms with van der Waals surface area (Å²) in [5.41, 5.74) is 2.58. The fraction of sp³-hybridized carbons (Fsp3) is 0.200. The molecular weight excluding hydrogens is 200 g/mol. The van der Waals surface area contributed by atoms with Gasteiger partial charge in [0.1, 0.15) is 0 Å². The van der Waals surface area contributed by atoms with Gasteiger partial charge in [-0.05, 0) is 31.1 Å². The lowest BCUT2D eigenvalue weighted by Crippen LogP contribution is -1.79. The van der Waals surface area contributed by atoms with Crippen LogP contribution < -0.4 is 0 Å². The largest absolute Gasteiger partial charge is 0.0841 e. The van der Waals surface area contributed by atoms with Crippen LogP contribution >= 0.6 is 15.9 Å². The van der Waals surface area contributed by atoms with Gasteiger partial charge in [0.2, 0.25) is 0 Å². The molecule has 0 saturated heterocycles. The summed E-state index contributed by atoms with van der Waals surface area (Å²) >= 11 is 3.50. The summed E-state index contributed by atoms with van der Waals surface area (Å²) in [5.74, 6) is 0. The second kappa shape index (κ2) is 3.72. The summed E-state index contributed by atoms with van der Waals surface area (Å²) in [5, 5.41) is 0. The molecule has 0 heterocycles. The molecule has 1 heteroatoms. The van der Waals surface area contributed by atoms with Gasteiger partial charge in [-0.2, -0.15) is 0 Å². The first-order valence-electron chi connectivity index (χ1n) is 3.63. The van der Waals surface area contributed by atoms with Crippen LogP contribution in [-0.2, 0) is 0 Å². The normalized spacial score (nSPS) is 11.7. The monoisotopic (exact) mass is 210 g/mol. The van der Waals surface area contributed by atoms with Crippen molar-refractivity contribution >= 4 is 21.5 Å². The van der Waals surface area contributed by atoms with Crippen LogP contribution in [0, 0.1) is 0 Å². The fourth-order valence-electron chi connectivity index (χ4n) is 0.937. The first kappa shape index (κ1) is 8.54. The van der Waals surface area contributed by atoms with Crippen molar-refractivity contribution in [3.05, 3.63) is 40.4 Å². The van der Waals surface area contributed by atoms with Gasteiger partial charge in [-0.3, -0.25) is 0 Å². The van der Waals surface area contributed by atoms with Crippen molar-refractivity contribution in [1.29, 1.82) is 0 Å². The van der Waals surface area contributed by atoms with Crippen molar-refractivity contribution < 1.29 is 0 Å². The third-order valence-electron chi connectivity index (χ3n) is 1.73. The fourth-order valence-corrected chi connectivity index (χ4v) is 1.53. The molecule has 0 N–H and O–H groups in total. The zero-order chi connectivity index (χ0) is 8.27. The summed E-state index contributed by atoms with van der Waals surface area (Å²) in [6.07, 6.45) is 2.11. The quantitative estimate of drug-likeness (QED) is 0.661. The average molecular weight is 211 g/mol. The van der Waals surface area contributed by atoms with E-state index in [0.717, 1.165) is 4.47 Å². The van der Waals surface area contributed by atoms with Crippen LogP contribution in [0.15, 0.2) is 34.8 Å². The molecule has 11 heavy (non-hydrogen) atoms. The molecule has 0 saturated carbocycles. The van der Waals surface area contributed by atoms with E-state index in [9.17, 15) is 0 Å². The Labute approximate surface area is 76.1 Å². The SMILES string of the molecule is C/C=C(\C)c1ccccc1Br. The Balaban J connectivity index is 3.14. The Kier molecular flexibility index (Phi) is 2.89. The summed E-state index contributed by atoms with van der Waals surface area (Å²) < 4.78 is 1.16. The zero-order valence-corrected chi connectivity index (χ0v) is 8.35. The Morgan fingerprint density at radius 3 is 2.55 bits per heavy atom. The highest BCUT2D eigenvalue weighted by molar-refractivity contribution is 9.10. The molecule has 0 aliphatic carbocycles. The first-order chi connectivity index (χ1) is 5.25. The summed E-state index contributed by atoms with van der Waals surface area (Å²) in [6.45, 7) is 4.16. The molecule has 58 valence electrons. The molecule has 0 unspecified atom stereocenters. The molecule has 1 aromatic carbocycles. The Hall–Kier alpha value is -0.560. The van der Waals surface area contributed by atoms with Crippen molar-refractivity contribution in [2.45, 2.75) is 13.8 Å². The van der Waals surface area contributed by atoms with Crippen LogP contribution in [0.4, 0.5) is 0 Å². The van der Waals surface area contributed by atoms with E-state index in [4.69, 9.17) is 0 Å². The lowest BCUT2D eigenvalue weighted by Gasteiger charge is -2.02. The van der Waals surface area contributed by atoms with E-state index in [1.54, 1.807) is 0 Å². The lowest BCUT2D eigenvalue weighted by molar-refractivity contribution is 1.51. The topological polar surface area (TPSA) is 0 Å². The second-order valence-corrected chi connectivity index (χ2v) is 3.31. The van der Waals surface area contributed by atoms with E-state index < -0.39 is 0 Å². The van der Waals surface area contributed by atoms with Crippen LogP contribution in [-0.4, -0.2) is 0 Å². The molecule has 0 aliphatic rings. The van der Waals surface area contributed by atoms with Crippen molar-refractivity contribution in [2.24, 2.45) is 0 Å². The Bertz CT molecular complexity index is 274. The van der Waals surface area contributed by atoms with Gasteiger partial charge in [0.15, 0.2) is 0 Å². The van der Waals surface area contributed by atoms with E-state index in [1.165, 1.54) is 11.1 Å². The average Bonchev–Trinajstić information content (AvgIpc) is 2.04. The van der Waals surface area contributed by atoms with Crippen molar-refractivity contribution in [2.75, 3.05) is 0 Å². The maximum atomic E-state index is 3.50. The molecule has 0 fully saturated rings. The minimum absolute atomic E-state index is 1.16. The first-order valence-corrected chi connectivity index (χ1v) is 4.43. The Morgan fingerprint density at radius 1 is 1.36 bits per heavy atom. The van der Waals surface area contributed by atoms with Crippen LogP contribution in [0.25, 0.3) is 5.57 Å². The molecular formula is C10H11Br. The van der Waals surface area contributed by atoms with Crippen molar-refractivity contribution in [3.63, 3.8) is 0 Å². The zero-order valence-electron chi connectivity index (χ0n) is 6.76. The second-order valence-electron chi connectivity index (χ2n) is 2.45. The summed E-state index contributed by atoms with van der Waals surface area (Å²) in [6, 6.07) is 8.24. The molecule has 0 radical (unpaired) electrons. The smallest absolute Gasteiger partial charge is 0.0250 e. The van der Waals surface area contributed by atoms with Gasteiger partial charge < -0.3 is 0 Å². The Morgan fingerprint density at radius 2 is 2.00 bits per heavy atom. The molecule has 0 spiro atoms. The van der Waals surface area contributed by atoms with Gasteiger partial charge in [0.05, 0.1) is 0 Å². The highest BCUT2D eigenvalue weighted by Crippen LogP contribution is 2.22. The third kappa shape index (κ3) is 1.93. The number of allylic oxidation sites excluding steroid dienone is 2. The molecule has 0 aliphatic heterocycles. The van der Waals surface area contributed by atoms with Gasteiger partial charge in [0.25, 0.3) is 0 Å². The molecule has 0 aromatic heterocycles. The highest BCUT2D eigenvalue weighted by Gasteiger charge is 1.97. The number of hydrogen-bond acceptors (Lipinski definition) is 0.